The van der Waals surface area contributed by atoms with Gasteiger partial charge in [0.1, 0.15) is 0 Å². The third-order valence-electron chi connectivity index (χ3n) is 5.55. The molecule has 0 unspecified atom stereocenters. The zero-order chi connectivity index (χ0) is 21.7. The molecule has 0 aliphatic rings. The molecule has 0 spiro atoms. The van der Waals surface area contributed by atoms with Crippen LogP contribution in [0.4, 0.5) is 0 Å². The number of halogens is 2. The minimum atomic E-state index is -1.79. The van der Waals surface area contributed by atoms with E-state index in [2.05, 4.69) is 121 Å². The first-order chi connectivity index (χ1) is 15.3. The van der Waals surface area contributed by atoms with E-state index >= 15 is 0 Å². The first-order valence-electron chi connectivity index (χ1n) is 10.4. The third-order valence-corrected chi connectivity index (χ3v) is 22.3. The second-order valence-corrected chi connectivity index (χ2v) is 23.3. The van der Waals surface area contributed by atoms with Gasteiger partial charge in [0.15, 0.2) is 0 Å². The van der Waals surface area contributed by atoms with Crippen LogP contribution in [0.1, 0.15) is 0 Å². The Bertz CT molecular complexity index is 825. The van der Waals surface area contributed by atoms with Gasteiger partial charge >= 0.3 is 214 Å². The van der Waals surface area contributed by atoms with Crippen LogP contribution in [0, 0.1) is 0 Å². The molecule has 0 saturated heterocycles. The van der Waals surface area contributed by atoms with E-state index in [1.807, 2.05) is 0 Å². The molecule has 0 saturated carbocycles. The van der Waals surface area contributed by atoms with E-state index in [9.17, 15) is 0 Å². The standard InChI is InChI=1S/C26H28As2.2ClH.Pt/c1-5-13-23(14-6-1)27(24-15-7-2-8-16-24)21-22-28(25-17-9-3-10-18-25)26-19-11-4-12-20-26;;;/h1-20H,21-22,27-28H2;2*1H;/q;;;+2/p-2. The molecule has 31 heavy (non-hydrogen) atoms. The first kappa shape index (κ1) is 24.9. The van der Waals surface area contributed by atoms with Crippen LogP contribution < -0.4 is 17.4 Å². The summed E-state index contributed by atoms with van der Waals surface area (Å²) in [5.74, 6) is 0. The van der Waals surface area contributed by atoms with E-state index in [1.165, 1.54) is 10.4 Å². The summed E-state index contributed by atoms with van der Waals surface area (Å²) in [6.07, 6.45) is 0. The molecule has 0 N–H and O–H groups in total. The van der Waals surface area contributed by atoms with Crippen molar-refractivity contribution in [3.05, 3.63) is 121 Å². The van der Waals surface area contributed by atoms with Gasteiger partial charge in [-0.2, -0.15) is 0 Å². The molecular formula is C26H28As2Cl2Pt. The van der Waals surface area contributed by atoms with Crippen LogP contribution in [0.2, 0.25) is 10.4 Å². The second-order valence-electron chi connectivity index (χ2n) is 7.37. The van der Waals surface area contributed by atoms with Crippen LogP contribution in [0.5, 0.6) is 0 Å². The summed E-state index contributed by atoms with van der Waals surface area (Å²) < 4.78 is 6.46. The van der Waals surface area contributed by atoms with Crippen molar-refractivity contribution in [3.8, 4) is 0 Å². The first-order valence-corrected chi connectivity index (χ1v) is 24.3. The quantitative estimate of drug-likeness (QED) is 0.252. The topological polar surface area (TPSA) is 0 Å². The molecule has 0 aliphatic heterocycles. The molecule has 0 heterocycles. The fourth-order valence-electron chi connectivity index (χ4n) is 4.13. The van der Waals surface area contributed by atoms with Gasteiger partial charge in [-0.3, -0.25) is 0 Å². The maximum absolute atomic E-state index is 4.88. The molecular weight excluding hydrogens is 728 g/mol. The van der Waals surface area contributed by atoms with Crippen molar-refractivity contribution in [2.45, 2.75) is 10.4 Å². The van der Waals surface area contributed by atoms with E-state index in [0.29, 0.717) is 0 Å². The summed E-state index contributed by atoms with van der Waals surface area (Å²) in [4.78, 5) is 0. The van der Waals surface area contributed by atoms with Gasteiger partial charge in [0.25, 0.3) is 0 Å². The van der Waals surface area contributed by atoms with Gasteiger partial charge in [-0.05, 0) is 0 Å². The average Bonchev–Trinajstić information content (AvgIpc) is 2.85. The van der Waals surface area contributed by atoms with Gasteiger partial charge in [0.2, 0.25) is 0 Å². The normalized spacial score (nSPS) is 11.3. The van der Waals surface area contributed by atoms with Crippen LogP contribution in [-0.2, 0) is 16.5 Å². The Morgan fingerprint density at radius 2 is 0.613 bits per heavy atom. The zero-order valence-corrected chi connectivity index (χ0v) is 25.8. The summed E-state index contributed by atoms with van der Waals surface area (Å²) in [5, 5.41) is 2.77. The van der Waals surface area contributed by atoms with Gasteiger partial charge in [-0.15, -0.1) is 0 Å². The predicted octanol–water partition coefficient (Wildman–Crippen LogP) is 3.91. The van der Waals surface area contributed by atoms with Gasteiger partial charge in [0, 0.05) is 0 Å². The van der Waals surface area contributed by atoms with Crippen molar-refractivity contribution in [1.29, 1.82) is 0 Å². The summed E-state index contributed by atoms with van der Waals surface area (Å²) in [6.45, 7) is 0. The van der Waals surface area contributed by atoms with Crippen LogP contribution >= 0.6 is 18.8 Å². The molecule has 0 aromatic heterocycles. The fraction of sp³-hybridized carbons (Fsp3) is 0.0769. The van der Waals surface area contributed by atoms with E-state index < -0.39 is 45.8 Å². The van der Waals surface area contributed by atoms with Gasteiger partial charge in [-0.1, -0.05) is 0 Å². The third kappa shape index (κ3) is 7.96. The van der Waals surface area contributed by atoms with E-state index in [1.54, 1.807) is 17.4 Å². The van der Waals surface area contributed by atoms with Gasteiger partial charge in [0.05, 0.1) is 0 Å². The maximum atomic E-state index is 4.88. The Labute approximate surface area is 211 Å². The van der Waals surface area contributed by atoms with Crippen molar-refractivity contribution in [3.63, 3.8) is 0 Å². The van der Waals surface area contributed by atoms with Crippen molar-refractivity contribution in [2.75, 3.05) is 0 Å². The van der Waals surface area contributed by atoms with Crippen molar-refractivity contribution >= 4 is 65.5 Å². The molecule has 0 aliphatic carbocycles. The van der Waals surface area contributed by atoms with Crippen LogP contribution in [0.15, 0.2) is 121 Å². The van der Waals surface area contributed by atoms with Crippen LogP contribution in [0.25, 0.3) is 0 Å². The molecule has 0 bridgehead atoms. The summed E-state index contributed by atoms with van der Waals surface area (Å²) in [6, 6.07) is 45.2. The Kier molecular flexibility index (Phi) is 11.6. The van der Waals surface area contributed by atoms with Crippen LogP contribution in [0.3, 0.4) is 0 Å². The number of rotatable bonds is 7. The minimum absolute atomic E-state index is 0.472. The van der Waals surface area contributed by atoms with Crippen molar-refractivity contribution in [2.24, 2.45) is 0 Å². The Hall–Kier alpha value is -0.735. The SMILES string of the molecule is [Cl][Pt][Cl].c1ccc([AsH2](CC[AsH2](c2ccccc2)c2ccccc2)c2ccccc2)cc1. The molecule has 0 nitrogen and oxygen atoms in total. The Balaban J connectivity index is 0.000000858. The number of hydrogen-bond donors (Lipinski definition) is 0. The summed E-state index contributed by atoms with van der Waals surface area (Å²) in [7, 11) is 9.75. The van der Waals surface area contributed by atoms with Crippen LogP contribution in [-0.4, -0.2) is 29.3 Å². The fourth-order valence-corrected chi connectivity index (χ4v) is 23.0. The monoisotopic (exact) mass is 755 g/mol. The molecule has 0 amide bonds. The summed E-state index contributed by atoms with van der Waals surface area (Å²) >= 11 is -4.05. The van der Waals surface area contributed by atoms with E-state index in [-0.39, 0.29) is 0 Å². The predicted molar refractivity (Wildman–Crippen MR) is 143 cm³/mol. The summed E-state index contributed by atoms with van der Waals surface area (Å²) in [5.41, 5.74) is 0. The van der Waals surface area contributed by atoms with Gasteiger partial charge in [-0.25, -0.2) is 0 Å². The number of hydrogen-bond acceptors (Lipinski definition) is 0. The van der Waals surface area contributed by atoms with Crippen molar-refractivity contribution < 1.29 is 16.5 Å². The molecule has 166 valence electrons. The Morgan fingerprint density at radius 1 is 0.419 bits per heavy atom. The molecule has 4 rings (SSSR count). The second kappa shape index (κ2) is 14.4. The van der Waals surface area contributed by atoms with E-state index in [4.69, 9.17) is 18.8 Å². The van der Waals surface area contributed by atoms with Crippen molar-refractivity contribution in [1.82, 2.24) is 0 Å². The van der Waals surface area contributed by atoms with Gasteiger partial charge < -0.3 is 0 Å². The number of benzene rings is 4. The van der Waals surface area contributed by atoms with E-state index in [0.717, 1.165) is 0 Å². The molecule has 0 atom stereocenters. The molecule has 0 radical (unpaired) electrons. The zero-order valence-electron chi connectivity index (χ0n) is 17.2. The molecule has 5 heteroatoms. The molecule has 4 aromatic carbocycles. The average molecular weight is 756 g/mol. The molecule has 0 fully saturated rings. The Morgan fingerprint density at radius 3 is 0.806 bits per heavy atom. The molecule has 4 aromatic rings.